The van der Waals surface area contributed by atoms with Crippen LogP contribution in [0.2, 0.25) is 5.02 Å². The SMILES string of the molecule is COc1cccc(OC)c1C(=O)Oc1cc(C(C)C)nn1-c1cccc(Cl)c1. The highest BCUT2D eigenvalue weighted by atomic mass is 35.5. The van der Waals surface area contributed by atoms with E-state index in [-0.39, 0.29) is 17.4 Å². The van der Waals surface area contributed by atoms with Crippen molar-refractivity contribution in [2.75, 3.05) is 14.2 Å². The van der Waals surface area contributed by atoms with Crippen molar-refractivity contribution in [2.24, 2.45) is 0 Å². The zero-order valence-electron chi connectivity index (χ0n) is 16.1. The Hall–Kier alpha value is -2.99. The van der Waals surface area contributed by atoms with E-state index < -0.39 is 5.97 Å². The molecule has 28 heavy (non-hydrogen) atoms. The van der Waals surface area contributed by atoms with Gasteiger partial charge < -0.3 is 14.2 Å². The van der Waals surface area contributed by atoms with Crippen LogP contribution in [0.1, 0.15) is 35.8 Å². The third kappa shape index (κ3) is 3.97. The lowest BCUT2D eigenvalue weighted by Gasteiger charge is -2.13. The van der Waals surface area contributed by atoms with Crippen LogP contribution < -0.4 is 14.2 Å². The number of aromatic nitrogens is 2. The molecule has 0 amide bonds. The predicted octanol–water partition coefficient (Wildman–Crippen LogP) is 4.89. The highest BCUT2D eigenvalue weighted by Crippen LogP contribution is 2.31. The van der Waals surface area contributed by atoms with Crippen molar-refractivity contribution in [3.63, 3.8) is 0 Å². The summed E-state index contributed by atoms with van der Waals surface area (Å²) in [5.41, 5.74) is 1.68. The quantitative estimate of drug-likeness (QED) is 0.551. The Bertz CT molecular complexity index is 976. The first kappa shape index (κ1) is 19.8. The number of halogens is 1. The summed E-state index contributed by atoms with van der Waals surface area (Å²) in [6.45, 7) is 4.03. The summed E-state index contributed by atoms with van der Waals surface area (Å²) in [5, 5.41) is 5.13. The Morgan fingerprint density at radius 1 is 1.04 bits per heavy atom. The molecule has 0 unspecified atom stereocenters. The Morgan fingerprint density at radius 3 is 2.25 bits per heavy atom. The average Bonchev–Trinajstić information content (AvgIpc) is 3.11. The van der Waals surface area contributed by atoms with Gasteiger partial charge in [0.25, 0.3) is 0 Å². The highest BCUT2D eigenvalue weighted by Gasteiger charge is 2.23. The van der Waals surface area contributed by atoms with Crippen LogP contribution in [0, 0.1) is 0 Å². The fourth-order valence-corrected chi connectivity index (χ4v) is 2.91. The molecule has 0 N–H and O–H groups in total. The largest absolute Gasteiger partial charge is 0.496 e. The molecule has 1 aromatic heterocycles. The molecule has 0 aliphatic carbocycles. The normalized spacial score (nSPS) is 10.8. The van der Waals surface area contributed by atoms with Gasteiger partial charge in [-0.1, -0.05) is 37.6 Å². The van der Waals surface area contributed by atoms with E-state index in [1.54, 1.807) is 41.1 Å². The molecule has 3 rings (SSSR count). The number of hydrogen-bond acceptors (Lipinski definition) is 5. The maximum Gasteiger partial charge on any atom is 0.352 e. The number of carbonyl (C=O) groups is 1. The number of carbonyl (C=O) groups excluding carboxylic acids is 1. The molecule has 0 bridgehead atoms. The summed E-state index contributed by atoms with van der Waals surface area (Å²) < 4.78 is 17.9. The van der Waals surface area contributed by atoms with Crippen LogP contribution in [0.15, 0.2) is 48.5 Å². The lowest BCUT2D eigenvalue weighted by Crippen LogP contribution is -2.14. The molecule has 0 atom stereocenters. The molecular weight excluding hydrogens is 380 g/mol. The maximum atomic E-state index is 13.0. The summed E-state index contributed by atoms with van der Waals surface area (Å²) in [4.78, 5) is 13.0. The minimum atomic E-state index is -0.604. The van der Waals surface area contributed by atoms with E-state index in [0.717, 1.165) is 5.69 Å². The van der Waals surface area contributed by atoms with Gasteiger partial charge in [-0.15, -0.1) is 0 Å². The van der Waals surface area contributed by atoms with Crippen LogP contribution >= 0.6 is 11.6 Å². The molecular formula is C21H21ClN2O4. The first-order valence-electron chi connectivity index (χ1n) is 8.73. The zero-order valence-corrected chi connectivity index (χ0v) is 16.9. The van der Waals surface area contributed by atoms with Gasteiger partial charge in [-0.05, 0) is 36.2 Å². The van der Waals surface area contributed by atoms with Crippen molar-refractivity contribution in [3.05, 3.63) is 64.8 Å². The number of benzene rings is 2. The number of rotatable bonds is 6. The molecule has 1 heterocycles. The van der Waals surface area contributed by atoms with E-state index in [2.05, 4.69) is 5.10 Å². The summed E-state index contributed by atoms with van der Waals surface area (Å²) in [6, 6.07) is 14.0. The summed E-state index contributed by atoms with van der Waals surface area (Å²) in [6.07, 6.45) is 0. The van der Waals surface area contributed by atoms with E-state index in [9.17, 15) is 4.79 Å². The van der Waals surface area contributed by atoms with Gasteiger partial charge in [-0.3, -0.25) is 0 Å². The van der Waals surface area contributed by atoms with Crippen molar-refractivity contribution < 1.29 is 19.0 Å². The Kier molecular flexibility index (Phi) is 5.90. The highest BCUT2D eigenvalue weighted by molar-refractivity contribution is 6.30. The van der Waals surface area contributed by atoms with Crippen LogP contribution in [0.25, 0.3) is 5.69 Å². The van der Waals surface area contributed by atoms with Gasteiger partial charge >= 0.3 is 5.97 Å². The maximum absolute atomic E-state index is 13.0. The molecule has 0 spiro atoms. The Morgan fingerprint density at radius 2 is 1.68 bits per heavy atom. The van der Waals surface area contributed by atoms with E-state index >= 15 is 0 Å². The van der Waals surface area contributed by atoms with Gasteiger partial charge in [0.15, 0.2) is 0 Å². The second-order valence-corrected chi connectivity index (χ2v) is 6.82. The van der Waals surface area contributed by atoms with E-state index in [4.69, 9.17) is 25.8 Å². The molecule has 0 fully saturated rings. The minimum Gasteiger partial charge on any atom is -0.496 e. The van der Waals surface area contributed by atoms with Crippen LogP contribution in [0.4, 0.5) is 0 Å². The fourth-order valence-electron chi connectivity index (χ4n) is 2.73. The molecule has 0 saturated carbocycles. The standard InChI is InChI=1S/C21H21ClN2O4/c1-13(2)16-12-19(24(23-16)15-8-5-7-14(22)11-15)28-21(25)20-17(26-3)9-6-10-18(20)27-4/h5-13H,1-4H3. The molecule has 146 valence electrons. The lowest BCUT2D eigenvalue weighted by atomic mass is 10.1. The van der Waals surface area contributed by atoms with Crippen LogP contribution in [-0.4, -0.2) is 30.0 Å². The van der Waals surface area contributed by atoms with Gasteiger partial charge in [-0.25, -0.2) is 9.48 Å². The number of ether oxygens (including phenoxy) is 3. The van der Waals surface area contributed by atoms with Crippen molar-refractivity contribution >= 4 is 17.6 Å². The summed E-state index contributed by atoms with van der Waals surface area (Å²) in [5.74, 6) is 0.555. The van der Waals surface area contributed by atoms with Crippen LogP contribution in [-0.2, 0) is 0 Å². The second kappa shape index (κ2) is 8.35. The summed E-state index contributed by atoms with van der Waals surface area (Å²) >= 11 is 6.12. The topological polar surface area (TPSA) is 62.6 Å². The molecule has 0 aliphatic rings. The molecule has 0 radical (unpaired) electrons. The third-order valence-corrected chi connectivity index (χ3v) is 4.40. The third-order valence-electron chi connectivity index (χ3n) is 4.17. The van der Waals surface area contributed by atoms with Crippen molar-refractivity contribution in [1.29, 1.82) is 0 Å². The van der Waals surface area contributed by atoms with Crippen LogP contribution in [0.3, 0.4) is 0 Å². The van der Waals surface area contributed by atoms with Gasteiger partial charge in [0.05, 0.1) is 25.6 Å². The summed E-state index contributed by atoms with van der Waals surface area (Å²) in [7, 11) is 2.97. The van der Waals surface area contributed by atoms with Crippen molar-refractivity contribution in [3.8, 4) is 23.1 Å². The number of methoxy groups -OCH3 is 2. The fraction of sp³-hybridized carbons (Fsp3) is 0.238. The van der Waals surface area contributed by atoms with E-state index in [1.165, 1.54) is 14.2 Å². The number of hydrogen-bond donors (Lipinski definition) is 0. The van der Waals surface area contributed by atoms with Crippen LogP contribution in [0.5, 0.6) is 17.4 Å². The van der Waals surface area contributed by atoms with Crippen molar-refractivity contribution in [2.45, 2.75) is 19.8 Å². The predicted molar refractivity (Wildman–Crippen MR) is 107 cm³/mol. The first-order chi connectivity index (χ1) is 13.4. The van der Waals surface area contributed by atoms with E-state index in [0.29, 0.717) is 22.2 Å². The van der Waals surface area contributed by atoms with Gasteiger partial charge in [0.2, 0.25) is 5.88 Å². The molecule has 0 aliphatic heterocycles. The molecule has 2 aromatic carbocycles. The molecule has 0 saturated heterocycles. The van der Waals surface area contributed by atoms with E-state index in [1.807, 2.05) is 26.0 Å². The minimum absolute atomic E-state index is 0.152. The molecule has 3 aromatic rings. The zero-order chi connectivity index (χ0) is 20.3. The number of nitrogens with zero attached hydrogens (tertiary/aromatic N) is 2. The lowest BCUT2D eigenvalue weighted by molar-refractivity contribution is 0.0716. The molecule has 7 heteroatoms. The second-order valence-electron chi connectivity index (χ2n) is 6.38. The Labute approximate surface area is 168 Å². The van der Waals surface area contributed by atoms with Gasteiger partial charge in [-0.2, -0.15) is 5.10 Å². The molecule has 6 nitrogen and oxygen atoms in total. The first-order valence-corrected chi connectivity index (χ1v) is 9.11. The Balaban J connectivity index is 2.04. The number of esters is 1. The monoisotopic (exact) mass is 400 g/mol. The van der Waals surface area contributed by atoms with Gasteiger partial charge in [0.1, 0.15) is 17.1 Å². The smallest absolute Gasteiger partial charge is 0.352 e. The average molecular weight is 401 g/mol. The van der Waals surface area contributed by atoms with Crippen molar-refractivity contribution in [1.82, 2.24) is 9.78 Å². The van der Waals surface area contributed by atoms with Gasteiger partial charge in [0, 0.05) is 11.1 Å².